The topological polar surface area (TPSA) is 12.9 Å². The Morgan fingerprint density at radius 3 is 2.19 bits per heavy atom. The molecule has 0 N–H and O–H groups in total. The zero-order chi connectivity index (χ0) is 12.1. The maximum absolute atomic E-state index is 4.69. The van der Waals surface area contributed by atoms with Crippen LogP contribution in [0.2, 0.25) is 0 Å². The highest BCUT2D eigenvalue weighted by Gasteiger charge is 2.13. The van der Waals surface area contributed by atoms with E-state index in [1.165, 1.54) is 36.1 Å². The van der Waals surface area contributed by atoms with Gasteiger partial charge in [-0.25, -0.2) is 0 Å². The van der Waals surface area contributed by atoms with Crippen LogP contribution < -0.4 is 0 Å². The molecule has 0 fully saturated rings. The van der Waals surface area contributed by atoms with Crippen LogP contribution in [0, 0.1) is 6.92 Å². The molecule has 0 aliphatic rings. The van der Waals surface area contributed by atoms with Gasteiger partial charge in [0.1, 0.15) is 0 Å². The monoisotopic (exact) mass is 219 g/mol. The molecule has 1 nitrogen and oxygen atoms in total. The van der Waals surface area contributed by atoms with E-state index in [9.17, 15) is 0 Å². The number of aromatic nitrogens is 1. The summed E-state index contributed by atoms with van der Waals surface area (Å²) in [7, 11) is 0. The number of hydrogen-bond donors (Lipinski definition) is 0. The van der Waals surface area contributed by atoms with Gasteiger partial charge in [-0.2, -0.15) is 0 Å². The minimum Gasteiger partial charge on any atom is -0.260 e. The van der Waals surface area contributed by atoms with E-state index in [0.29, 0.717) is 11.8 Å². The van der Waals surface area contributed by atoms with Crippen LogP contribution in [0.25, 0.3) is 0 Å². The van der Waals surface area contributed by atoms with E-state index in [-0.39, 0.29) is 0 Å². The number of nitrogens with zero attached hydrogens (tertiary/aromatic N) is 1. The largest absolute Gasteiger partial charge is 0.260 e. The van der Waals surface area contributed by atoms with Crippen LogP contribution >= 0.6 is 0 Å². The average Bonchev–Trinajstić information content (AvgIpc) is 2.31. The lowest BCUT2D eigenvalue weighted by molar-refractivity contribution is 0.616. The van der Waals surface area contributed by atoms with Crippen molar-refractivity contribution in [1.82, 2.24) is 4.98 Å². The molecule has 1 heterocycles. The van der Waals surface area contributed by atoms with Crippen LogP contribution in [0.1, 0.15) is 75.6 Å². The molecule has 0 saturated carbocycles. The summed E-state index contributed by atoms with van der Waals surface area (Å²) < 4.78 is 0. The van der Waals surface area contributed by atoms with Crippen molar-refractivity contribution in [2.75, 3.05) is 0 Å². The van der Waals surface area contributed by atoms with Gasteiger partial charge in [0.15, 0.2) is 0 Å². The molecule has 16 heavy (non-hydrogen) atoms. The summed E-state index contributed by atoms with van der Waals surface area (Å²) in [5.74, 6) is 1.26. The summed E-state index contributed by atoms with van der Waals surface area (Å²) in [4.78, 5) is 4.69. The van der Waals surface area contributed by atoms with E-state index in [2.05, 4.69) is 51.9 Å². The first-order chi connectivity index (χ1) is 7.63. The van der Waals surface area contributed by atoms with Crippen molar-refractivity contribution >= 4 is 0 Å². The van der Waals surface area contributed by atoms with Crippen LogP contribution in [0.15, 0.2) is 12.3 Å². The van der Waals surface area contributed by atoms with E-state index in [1.807, 2.05) is 0 Å². The molecule has 0 bridgehead atoms. The maximum atomic E-state index is 4.69. The normalized spacial score (nSPS) is 13.1. The molecule has 1 atom stereocenters. The first-order valence-corrected chi connectivity index (χ1v) is 6.60. The number of aryl methyl sites for hydroxylation is 1. The lowest BCUT2D eigenvalue weighted by Gasteiger charge is -2.17. The van der Waals surface area contributed by atoms with Gasteiger partial charge >= 0.3 is 0 Å². The van der Waals surface area contributed by atoms with E-state index in [0.717, 1.165) is 0 Å². The number of hydrogen-bond acceptors (Lipinski definition) is 1. The second-order valence-electron chi connectivity index (χ2n) is 4.79. The molecule has 0 aliphatic carbocycles. The lowest BCUT2D eigenvalue weighted by Crippen LogP contribution is -2.04. The highest BCUT2D eigenvalue weighted by molar-refractivity contribution is 5.28. The summed E-state index contributed by atoms with van der Waals surface area (Å²) in [6.07, 6.45) is 5.64. The van der Waals surface area contributed by atoms with Gasteiger partial charge in [0, 0.05) is 17.8 Å². The summed E-state index contributed by atoms with van der Waals surface area (Å²) in [5.41, 5.74) is 4.05. The summed E-state index contributed by atoms with van der Waals surface area (Å²) in [6, 6.07) is 2.33. The molecule has 0 amide bonds. The van der Waals surface area contributed by atoms with Crippen LogP contribution in [0.4, 0.5) is 0 Å². The van der Waals surface area contributed by atoms with Gasteiger partial charge in [0.25, 0.3) is 0 Å². The average molecular weight is 219 g/mol. The Morgan fingerprint density at radius 1 is 1.12 bits per heavy atom. The zero-order valence-corrected chi connectivity index (χ0v) is 11.4. The Kier molecular flexibility index (Phi) is 4.98. The van der Waals surface area contributed by atoms with Gasteiger partial charge in [-0.1, -0.05) is 33.8 Å². The third-order valence-electron chi connectivity index (χ3n) is 3.69. The highest BCUT2D eigenvalue weighted by atomic mass is 14.7. The van der Waals surface area contributed by atoms with Crippen LogP contribution in [-0.4, -0.2) is 4.98 Å². The molecule has 0 aromatic carbocycles. The van der Waals surface area contributed by atoms with Crippen molar-refractivity contribution in [3.63, 3.8) is 0 Å². The molecule has 1 heteroatoms. The molecule has 1 rings (SSSR count). The molecular weight excluding hydrogens is 194 g/mol. The van der Waals surface area contributed by atoms with Crippen molar-refractivity contribution in [3.05, 3.63) is 29.1 Å². The van der Waals surface area contributed by atoms with Crippen LogP contribution in [-0.2, 0) is 0 Å². The van der Waals surface area contributed by atoms with Crippen molar-refractivity contribution in [2.45, 2.75) is 65.7 Å². The number of pyridine rings is 1. The third-order valence-corrected chi connectivity index (χ3v) is 3.69. The Morgan fingerprint density at radius 2 is 1.75 bits per heavy atom. The molecule has 1 aromatic heterocycles. The first kappa shape index (κ1) is 13.2. The Balaban J connectivity index is 2.99. The first-order valence-electron chi connectivity index (χ1n) is 6.60. The predicted molar refractivity (Wildman–Crippen MR) is 71.0 cm³/mol. The lowest BCUT2D eigenvalue weighted by atomic mass is 9.92. The minimum atomic E-state index is 0.627. The van der Waals surface area contributed by atoms with Gasteiger partial charge < -0.3 is 0 Å². The SMILES string of the molecule is CCC(C)c1cnc(C(CC)CC)c(C)c1. The van der Waals surface area contributed by atoms with Crippen molar-refractivity contribution in [3.8, 4) is 0 Å². The van der Waals surface area contributed by atoms with Gasteiger partial charge in [0.05, 0.1) is 0 Å². The van der Waals surface area contributed by atoms with Gasteiger partial charge in [-0.15, -0.1) is 0 Å². The van der Waals surface area contributed by atoms with Crippen molar-refractivity contribution in [2.24, 2.45) is 0 Å². The fraction of sp³-hybridized carbons (Fsp3) is 0.667. The molecule has 0 radical (unpaired) electrons. The fourth-order valence-electron chi connectivity index (χ4n) is 2.22. The molecule has 1 aromatic rings. The van der Waals surface area contributed by atoms with E-state index < -0.39 is 0 Å². The Hall–Kier alpha value is -0.850. The number of rotatable bonds is 5. The smallest absolute Gasteiger partial charge is 0.0463 e. The summed E-state index contributed by atoms with van der Waals surface area (Å²) in [6.45, 7) is 11.2. The summed E-state index contributed by atoms with van der Waals surface area (Å²) >= 11 is 0. The molecule has 1 unspecified atom stereocenters. The second kappa shape index (κ2) is 6.03. The van der Waals surface area contributed by atoms with Crippen LogP contribution in [0.5, 0.6) is 0 Å². The Bertz CT molecular complexity index is 326. The van der Waals surface area contributed by atoms with Crippen molar-refractivity contribution < 1.29 is 0 Å². The summed E-state index contributed by atoms with van der Waals surface area (Å²) in [5, 5.41) is 0. The maximum Gasteiger partial charge on any atom is 0.0463 e. The van der Waals surface area contributed by atoms with Crippen LogP contribution in [0.3, 0.4) is 0 Å². The third kappa shape index (κ3) is 2.84. The van der Waals surface area contributed by atoms with Gasteiger partial charge in [-0.3, -0.25) is 4.98 Å². The fourth-order valence-corrected chi connectivity index (χ4v) is 2.22. The van der Waals surface area contributed by atoms with Gasteiger partial charge in [-0.05, 0) is 43.2 Å². The minimum absolute atomic E-state index is 0.627. The molecule has 0 saturated heterocycles. The standard InChI is InChI=1S/C15H25N/c1-6-11(4)14-9-12(5)15(16-10-14)13(7-2)8-3/h9-11,13H,6-8H2,1-5H3. The predicted octanol–water partition coefficient (Wildman–Crippen LogP) is 4.81. The van der Waals surface area contributed by atoms with Gasteiger partial charge in [0.2, 0.25) is 0 Å². The molecule has 0 aliphatic heterocycles. The quantitative estimate of drug-likeness (QED) is 0.692. The highest BCUT2D eigenvalue weighted by Crippen LogP contribution is 2.26. The zero-order valence-electron chi connectivity index (χ0n) is 11.4. The van der Waals surface area contributed by atoms with E-state index in [1.54, 1.807) is 0 Å². The Labute approximate surface area is 100 Å². The molecule has 90 valence electrons. The molecular formula is C15H25N. The second-order valence-corrected chi connectivity index (χ2v) is 4.79. The van der Waals surface area contributed by atoms with Crippen molar-refractivity contribution in [1.29, 1.82) is 0 Å². The molecule has 0 spiro atoms. The van der Waals surface area contributed by atoms with E-state index >= 15 is 0 Å². The van der Waals surface area contributed by atoms with E-state index in [4.69, 9.17) is 0 Å².